The van der Waals surface area contributed by atoms with E-state index in [4.69, 9.17) is 11.6 Å². The summed E-state index contributed by atoms with van der Waals surface area (Å²) in [4.78, 5) is 5.86. The summed E-state index contributed by atoms with van der Waals surface area (Å²) in [6.07, 6.45) is 0. The molecule has 0 spiro atoms. The summed E-state index contributed by atoms with van der Waals surface area (Å²) in [6, 6.07) is 10.3. The van der Waals surface area contributed by atoms with Crippen molar-refractivity contribution in [1.82, 2.24) is 4.98 Å². The van der Waals surface area contributed by atoms with Crippen LogP contribution in [0.25, 0.3) is 10.2 Å². The van der Waals surface area contributed by atoms with Crippen molar-refractivity contribution in [3.8, 4) is 0 Å². The van der Waals surface area contributed by atoms with Crippen LogP contribution >= 0.6 is 34.3 Å². The molecule has 0 aliphatic rings. The number of halogens is 1. The number of benzene rings is 1. The van der Waals surface area contributed by atoms with Crippen LogP contribution in [0.15, 0.2) is 35.7 Å². The van der Waals surface area contributed by atoms with Gasteiger partial charge in [0.15, 0.2) is 5.13 Å². The predicted molar refractivity (Wildman–Crippen MR) is 81.0 cm³/mol. The highest BCUT2D eigenvalue weighted by Crippen LogP contribution is 2.33. The molecular weight excluding hydrogens is 284 g/mol. The number of hydrogen-bond donors (Lipinski definition) is 1. The summed E-state index contributed by atoms with van der Waals surface area (Å²) in [7, 11) is 0. The fourth-order valence-corrected chi connectivity index (χ4v) is 3.75. The van der Waals surface area contributed by atoms with Crippen LogP contribution in [0, 0.1) is 0 Å². The van der Waals surface area contributed by atoms with E-state index < -0.39 is 0 Å². The third-order valence-electron chi connectivity index (χ3n) is 2.68. The fraction of sp³-hybridized carbons (Fsp3) is 0.154. The molecule has 2 aromatic heterocycles. The summed E-state index contributed by atoms with van der Waals surface area (Å²) >= 11 is 9.50. The number of hydrogen-bond acceptors (Lipinski definition) is 4. The molecule has 1 aromatic carbocycles. The van der Waals surface area contributed by atoms with Crippen LogP contribution in [0.3, 0.4) is 0 Å². The van der Waals surface area contributed by atoms with Gasteiger partial charge in [-0.15, -0.1) is 11.3 Å². The average molecular weight is 295 g/mol. The highest BCUT2D eigenvalue weighted by atomic mass is 35.5. The molecule has 0 bridgehead atoms. The van der Waals surface area contributed by atoms with Gasteiger partial charge < -0.3 is 5.32 Å². The minimum atomic E-state index is 0.268. The molecule has 1 atom stereocenters. The molecule has 0 radical (unpaired) electrons. The first kappa shape index (κ1) is 12.0. The number of thiophene rings is 1. The molecule has 0 saturated heterocycles. The number of aromatic nitrogens is 1. The summed E-state index contributed by atoms with van der Waals surface area (Å²) in [5.41, 5.74) is 0.952. The van der Waals surface area contributed by atoms with Gasteiger partial charge >= 0.3 is 0 Å². The Labute approximate surface area is 118 Å². The second-order valence-corrected chi connectivity index (χ2v) is 6.37. The van der Waals surface area contributed by atoms with Crippen LogP contribution in [-0.4, -0.2) is 4.98 Å². The molecule has 1 N–H and O–H groups in total. The Morgan fingerprint density at radius 1 is 1.28 bits per heavy atom. The van der Waals surface area contributed by atoms with Crippen LogP contribution < -0.4 is 5.32 Å². The Kier molecular flexibility index (Phi) is 3.24. The lowest BCUT2D eigenvalue weighted by Gasteiger charge is -2.09. The van der Waals surface area contributed by atoms with Gasteiger partial charge in [0.05, 0.1) is 21.3 Å². The van der Waals surface area contributed by atoms with Gasteiger partial charge in [-0.1, -0.05) is 35.1 Å². The molecule has 3 aromatic rings. The third-order valence-corrected chi connectivity index (χ3v) is 5.19. The molecule has 0 amide bonds. The van der Waals surface area contributed by atoms with E-state index in [0.29, 0.717) is 0 Å². The Morgan fingerprint density at radius 3 is 2.89 bits per heavy atom. The molecule has 5 heteroatoms. The highest BCUT2D eigenvalue weighted by molar-refractivity contribution is 7.22. The molecule has 0 aliphatic carbocycles. The van der Waals surface area contributed by atoms with Gasteiger partial charge in [0.25, 0.3) is 0 Å². The minimum Gasteiger partial charge on any atom is -0.354 e. The van der Waals surface area contributed by atoms with Gasteiger partial charge in [-0.05, 0) is 30.5 Å². The first-order chi connectivity index (χ1) is 8.74. The zero-order valence-electron chi connectivity index (χ0n) is 9.68. The van der Waals surface area contributed by atoms with E-state index in [0.717, 1.165) is 20.4 Å². The monoisotopic (exact) mass is 294 g/mol. The SMILES string of the molecule is CC(Nc1nc2cccc(Cl)c2s1)c1cccs1. The van der Waals surface area contributed by atoms with E-state index in [1.54, 1.807) is 22.7 Å². The molecule has 2 nitrogen and oxygen atoms in total. The Morgan fingerprint density at radius 2 is 2.17 bits per heavy atom. The fourth-order valence-electron chi connectivity index (χ4n) is 1.77. The molecular formula is C13H11ClN2S2. The molecule has 2 heterocycles. The molecule has 0 aliphatic heterocycles. The van der Waals surface area contributed by atoms with Gasteiger partial charge in [-0.3, -0.25) is 0 Å². The van der Waals surface area contributed by atoms with Gasteiger partial charge in [-0.25, -0.2) is 4.98 Å². The van der Waals surface area contributed by atoms with Crippen LogP contribution in [0.5, 0.6) is 0 Å². The Bertz CT molecular complexity index is 661. The van der Waals surface area contributed by atoms with Crippen LogP contribution in [0.4, 0.5) is 5.13 Å². The van der Waals surface area contributed by atoms with Crippen LogP contribution in [0.1, 0.15) is 17.8 Å². The molecule has 18 heavy (non-hydrogen) atoms. The van der Waals surface area contributed by atoms with E-state index in [1.807, 2.05) is 18.2 Å². The Balaban J connectivity index is 1.89. The second-order valence-electron chi connectivity index (χ2n) is 3.99. The van der Waals surface area contributed by atoms with Crippen molar-refractivity contribution >= 4 is 49.6 Å². The minimum absolute atomic E-state index is 0.268. The maximum absolute atomic E-state index is 6.15. The zero-order valence-corrected chi connectivity index (χ0v) is 12.1. The standard InChI is InChI=1S/C13H11ClN2S2/c1-8(11-6-3-7-17-11)15-13-16-10-5-2-4-9(14)12(10)18-13/h2-8H,1H3,(H,15,16). The highest BCUT2D eigenvalue weighted by Gasteiger charge is 2.11. The van der Waals surface area contributed by atoms with Crippen molar-refractivity contribution < 1.29 is 0 Å². The van der Waals surface area contributed by atoms with Crippen LogP contribution in [-0.2, 0) is 0 Å². The largest absolute Gasteiger partial charge is 0.354 e. The number of nitrogens with zero attached hydrogens (tertiary/aromatic N) is 1. The maximum Gasteiger partial charge on any atom is 0.184 e. The summed E-state index contributed by atoms with van der Waals surface area (Å²) < 4.78 is 1.04. The quantitative estimate of drug-likeness (QED) is 0.719. The van der Waals surface area contributed by atoms with Crippen molar-refractivity contribution in [1.29, 1.82) is 0 Å². The summed E-state index contributed by atoms with van der Waals surface area (Å²) in [5, 5.41) is 7.19. The van der Waals surface area contributed by atoms with Gasteiger partial charge in [0, 0.05) is 4.88 Å². The zero-order chi connectivity index (χ0) is 12.5. The summed E-state index contributed by atoms with van der Waals surface area (Å²) in [6.45, 7) is 2.14. The lowest BCUT2D eigenvalue weighted by molar-refractivity contribution is 0.905. The van der Waals surface area contributed by atoms with E-state index in [9.17, 15) is 0 Å². The normalized spacial score (nSPS) is 12.8. The third kappa shape index (κ3) is 2.23. The first-order valence-electron chi connectivity index (χ1n) is 5.59. The molecule has 3 rings (SSSR count). The van der Waals surface area contributed by atoms with E-state index in [1.165, 1.54) is 4.88 Å². The van der Waals surface area contributed by atoms with Crippen molar-refractivity contribution in [2.75, 3.05) is 5.32 Å². The number of nitrogens with one attached hydrogen (secondary N) is 1. The lowest BCUT2D eigenvalue weighted by Crippen LogP contribution is -2.03. The van der Waals surface area contributed by atoms with E-state index >= 15 is 0 Å². The summed E-state index contributed by atoms with van der Waals surface area (Å²) in [5.74, 6) is 0. The van der Waals surface area contributed by atoms with Gasteiger partial charge in [-0.2, -0.15) is 0 Å². The number of anilines is 1. The van der Waals surface area contributed by atoms with Gasteiger partial charge in [0.2, 0.25) is 0 Å². The van der Waals surface area contributed by atoms with Gasteiger partial charge in [0.1, 0.15) is 0 Å². The number of thiazole rings is 1. The maximum atomic E-state index is 6.15. The molecule has 0 fully saturated rings. The second kappa shape index (κ2) is 4.88. The topological polar surface area (TPSA) is 24.9 Å². The van der Waals surface area contributed by atoms with Crippen LogP contribution in [0.2, 0.25) is 5.02 Å². The number of rotatable bonds is 3. The van der Waals surface area contributed by atoms with Crippen molar-refractivity contribution in [3.63, 3.8) is 0 Å². The molecule has 0 saturated carbocycles. The smallest absolute Gasteiger partial charge is 0.184 e. The first-order valence-corrected chi connectivity index (χ1v) is 7.66. The lowest BCUT2D eigenvalue weighted by atomic mass is 10.3. The van der Waals surface area contributed by atoms with E-state index in [2.05, 4.69) is 34.7 Å². The molecule has 1 unspecified atom stereocenters. The molecule has 92 valence electrons. The van der Waals surface area contributed by atoms with Crippen molar-refractivity contribution in [3.05, 3.63) is 45.6 Å². The average Bonchev–Trinajstić information content (AvgIpc) is 2.97. The number of fused-ring (bicyclic) bond motifs is 1. The Hall–Kier alpha value is -1.10. The van der Waals surface area contributed by atoms with Crippen molar-refractivity contribution in [2.24, 2.45) is 0 Å². The van der Waals surface area contributed by atoms with E-state index in [-0.39, 0.29) is 6.04 Å². The van der Waals surface area contributed by atoms with Crippen molar-refractivity contribution in [2.45, 2.75) is 13.0 Å². The predicted octanol–water partition coefficient (Wildman–Crippen LogP) is 5.18.